The fourth-order valence-electron chi connectivity index (χ4n) is 1.70. The smallest absolute Gasteiger partial charge is 0.360 e. The van der Waals surface area contributed by atoms with E-state index in [4.69, 9.17) is 5.11 Å². The van der Waals surface area contributed by atoms with E-state index in [1.807, 2.05) is 32.0 Å². The molecule has 1 aromatic carbocycles. The van der Waals surface area contributed by atoms with Gasteiger partial charge in [0.2, 0.25) is 5.69 Å². The van der Waals surface area contributed by atoms with Crippen molar-refractivity contribution < 1.29 is 15.0 Å². The van der Waals surface area contributed by atoms with Crippen molar-refractivity contribution in [3.63, 3.8) is 0 Å². The van der Waals surface area contributed by atoms with Crippen LogP contribution in [-0.2, 0) is 0 Å². The third kappa shape index (κ3) is 1.99. The molecule has 0 aliphatic heterocycles. The average Bonchev–Trinajstić information content (AvgIpc) is 2.60. The molecular formula is C12H12N2O3. The Morgan fingerprint density at radius 3 is 2.59 bits per heavy atom. The molecule has 17 heavy (non-hydrogen) atoms. The van der Waals surface area contributed by atoms with E-state index in [0.717, 1.165) is 16.8 Å². The molecule has 2 N–H and O–H groups in total. The SMILES string of the molecule is Cc1ccc(-n2cc(O)c(C(=O)O)n2)c(C)c1. The Bertz CT molecular complexity index is 587. The molecule has 0 fully saturated rings. The number of hydrogen-bond acceptors (Lipinski definition) is 3. The Labute approximate surface area is 97.9 Å². The van der Waals surface area contributed by atoms with E-state index in [0.29, 0.717) is 0 Å². The minimum atomic E-state index is -1.24. The quantitative estimate of drug-likeness (QED) is 0.829. The Balaban J connectivity index is 2.53. The van der Waals surface area contributed by atoms with Gasteiger partial charge in [-0.15, -0.1) is 0 Å². The number of aromatic carboxylic acids is 1. The molecule has 0 atom stereocenters. The van der Waals surface area contributed by atoms with Gasteiger partial charge in [-0.1, -0.05) is 17.7 Å². The molecule has 0 unspecified atom stereocenters. The highest BCUT2D eigenvalue weighted by Gasteiger charge is 2.16. The standard InChI is InChI=1S/C12H12N2O3/c1-7-3-4-9(8(2)5-7)14-6-10(15)11(13-14)12(16)17/h3-6,15H,1-2H3,(H,16,17). The molecule has 0 aliphatic carbocycles. The summed E-state index contributed by atoms with van der Waals surface area (Å²) in [5.41, 5.74) is 2.48. The van der Waals surface area contributed by atoms with Gasteiger partial charge < -0.3 is 10.2 Å². The van der Waals surface area contributed by atoms with E-state index in [1.165, 1.54) is 10.9 Å². The predicted octanol–water partition coefficient (Wildman–Crippen LogP) is 1.89. The van der Waals surface area contributed by atoms with Crippen LogP contribution in [-0.4, -0.2) is 26.0 Å². The predicted molar refractivity (Wildman–Crippen MR) is 61.7 cm³/mol. The molecule has 88 valence electrons. The van der Waals surface area contributed by atoms with Crippen molar-refractivity contribution in [2.24, 2.45) is 0 Å². The molecule has 0 aliphatic rings. The Morgan fingerprint density at radius 2 is 2.06 bits per heavy atom. The Hall–Kier alpha value is -2.30. The van der Waals surface area contributed by atoms with Gasteiger partial charge in [-0.05, 0) is 25.5 Å². The van der Waals surface area contributed by atoms with Gasteiger partial charge in [0.15, 0.2) is 5.75 Å². The highest BCUT2D eigenvalue weighted by Crippen LogP contribution is 2.20. The van der Waals surface area contributed by atoms with Gasteiger partial charge in [0, 0.05) is 0 Å². The highest BCUT2D eigenvalue weighted by molar-refractivity contribution is 5.88. The number of nitrogens with zero attached hydrogens (tertiary/aromatic N) is 2. The number of carboxylic acid groups (broad SMARTS) is 1. The lowest BCUT2D eigenvalue weighted by molar-refractivity contribution is 0.0687. The number of carboxylic acids is 1. The topological polar surface area (TPSA) is 75.4 Å². The summed E-state index contributed by atoms with van der Waals surface area (Å²) < 4.78 is 1.37. The van der Waals surface area contributed by atoms with Crippen LogP contribution in [0.1, 0.15) is 21.6 Å². The molecule has 2 rings (SSSR count). The maximum atomic E-state index is 10.8. The van der Waals surface area contributed by atoms with Crippen molar-refractivity contribution in [1.29, 1.82) is 0 Å². The van der Waals surface area contributed by atoms with Crippen LogP contribution in [0.4, 0.5) is 0 Å². The molecule has 5 heteroatoms. The van der Waals surface area contributed by atoms with Crippen LogP contribution in [0.15, 0.2) is 24.4 Å². The van der Waals surface area contributed by atoms with Crippen LogP contribution in [0.3, 0.4) is 0 Å². The first-order valence-corrected chi connectivity index (χ1v) is 5.08. The summed E-state index contributed by atoms with van der Waals surface area (Å²) in [6.07, 6.45) is 1.29. The lowest BCUT2D eigenvalue weighted by Crippen LogP contribution is -2.02. The Morgan fingerprint density at radius 1 is 1.35 bits per heavy atom. The van der Waals surface area contributed by atoms with E-state index >= 15 is 0 Å². The second kappa shape index (κ2) is 3.93. The fourth-order valence-corrected chi connectivity index (χ4v) is 1.70. The summed E-state index contributed by atoms with van der Waals surface area (Å²) in [6.45, 7) is 3.88. The zero-order valence-electron chi connectivity index (χ0n) is 9.51. The first-order chi connectivity index (χ1) is 7.99. The molecular weight excluding hydrogens is 220 g/mol. The van der Waals surface area contributed by atoms with Gasteiger partial charge in [-0.2, -0.15) is 5.10 Å². The minimum Gasteiger partial charge on any atom is -0.504 e. The molecule has 0 radical (unpaired) electrons. The summed E-state index contributed by atoms with van der Waals surface area (Å²) in [5, 5.41) is 22.1. The molecule has 1 aromatic heterocycles. The number of carbonyl (C=O) groups is 1. The highest BCUT2D eigenvalue weighted by atomic mass is 16.4. The van der Waals surface area contributed by atoms with Crippen LogP contribution in [0.5, 0.6) is 5.75 Å². The minimum absolute atomic E-state index is 0.336. The van der Waals surface area contributed by atoms with Crippen LogP contribution in [0.2, 0.25) is 0 Å². The number of aromatic nitrogens is 2. The Kier molecular flexibility index (Phi) is 2.59. The number of rotatable bonds is 2. The lowest BCUT2D eigenvalue weighted by atomic mass is 10.1. The monoisotopic (exact) mass is 232 g/mol. The first kappa shape index (κ1) is 11.2. The van der Waals surface area contributed by atoms with Crippen molar-refractivity contribution >= 4 is 5.97 Å². The number of hydrogen-bond donors (Lipinski definition) is 2. The van der Waals surface area contributed by atoms with Gasteiger partial charge in [-0.25, -0.2) is 9.48 Å². The zero-order valence-corrected chi connectivity index (χ0v) is 9.51. The molecule has 0 spiro atoms. The van der Waals surface area contributed by atoms with Gasteiger partial charge in [0.1, 0.15) is 0 Å². The van der Waals surface area contributed by atoms with E-state index < -0.39 is 5.97 Å². The normalized spacial score (nSPS) is 10.5. The van der Waals surface area contributed by atoms with Crippen LogP contribution < -0.4 is 0 Å². The third-order valence-corrected chi connectivity index (χ3v) is 2.50. The summed E-state index contributed by atoms with van der Waals surface area (Å²) in [5.74, 6) is -1.58. The fraction of sp³-hybridized carbons (Fsp3) is 0.167. The molecule has 0 saturated carbocycles. The number of aromatic hydroxyl groups is 1. The second-order valence-electron chi connectivity index (χ2n) is 3.90. The first-order valence-electron chi connectivity index (χ1n) is 5.08. The van der Waals surface area contributed by atoms with Gasteiger partial charge in [0.25, 0.3) is 0 Å². The third-order valence-electron chi connectivity index (χ3n) is 2.50. The largest absolute Gasteiger partial charge is 0.504 e. The maximum absolute atomic E-state index is 10.8. The molecule has 2 aromatic rings. The lowest BCUT2D eigenvalue weighted by Gasteiger charge is -2.05. The molecule has 5 nitrogen and oxygen atoms in total. The van der Waals surface area contributed by atoms with E-state index in [2.05, 4.69) is 5.10 Å². The molecule has 0 bridgehead atoms. The van der Waals surface area contributed by atoms with Crippen molar-refractivity contribution in [1.82, 2.24) is 9.78 Å². The summed E-state index contributed by atoms with van der Waals surface area (Å²) in [4.78, 5) is 10.8. The van der Waals surface area contributed by atoms with Gasteiger partial charge in [0.05, 0.1) is 11.9 Å². The summed E-state index contributed by atoms with van der Waals surface area (Å²) in [7, 11) is 0. The van der Waals surface area contributed by atoms with E-state index in [1.54, 1.807) is 0 Å². The average molecular weight is 232 g/mol. The van der Waals surface area contributed by atoms with Crippen molar-refractivity contribution in [2.45, 2.75) is 13.8 Å². The van der Waals surface area contributed by atoms with Crippen molar-refractivity contribution in [3.05, 3.63) is 41.2 Å². The van der Waals surface area contributed by atoms with Crippen LogP contribution in [0.25, 0.3) is 5.69 Å². The van der Waals surface area contributed by atoms with Crippen molar-refractivity contribution in [3.8, 4) is 11.4 Å². The van der Waals surface area contributed by atoms with E-state index in [9.17, 15) is 9.90 Å². The number of benzene rings is 1. The second-order valence-corrected chi connectivity index (χ2v) is 3.90. The van der Waals surface area contributed by atoms with Crippen LogP contribution in [0, 0.1) is 13.8 Å². The summed E-state index contributed by atoms with van der Waals surface area (Å²) in [6, 6.07) is 5.71. The summed E-state index contributed by atoms with van der Waals surface area (Å²) >= 11 is 0. The van der Waals surface area contributed by atoms with Crippen LogP contribution >= 0.6 is 0 Å². The molecule has 1 heterocycles. The van der Waals surface area contributed by atoms with Gasteiger partial charge >= 0.3 is 5.97 Å². The molecule has 0 amide bonds. The molecule has 0 saturated heterocycles. The zero-order chi connectivity index (χ0) is 12.6. The maximum Gasteiger partial charge on any atom is 0.360 e. The number of aryl methyl sites for hydroxylation is 2. The van der Waals surface area contributed by atoms with Crippen molar-refractivity contribution in [2.75, 3.05) is 0 Å². The van der Waals surface area contributed by atoms with E-state index in [-0.39, 0.29) is 11.4 Å². The van der Waals surface area contributed by atoms with Gasteiger partial charge in [-0.3, -0.25) is 0 Å².